The van der Waals surface area contributed by atoms with Crippen molar-refractivity contribution in [2.75, 3.05) is 6.16 Å². The fourth-order valence-electron chi connectivity index (χ4n) is 1.80. The second-order valence-corrected chi connectivity index (χ2v) is 13.2. The molecule has 1 aromatic rings. The third kappa shape index (κ3) is 2.31. The van der Waals surface area contributed by atoms with Gasteiger partial charge in [0.1, 0.15) is 0 Å². The molecule has 0 spiro atoms. The summed E-state index contributed by atoms with van der Waals surface area (Å²) < 4.78 is 0. The molecule has 0 atom stereocenters. The van der Waals surface area contributed by atoms with E-state index < -0.39 is 5.31 Å². The maximum absolute atomic E-state index is 6.57. The molecule has 1 aliphatic rings. The molecule has 1 aromatic carbocycles. The van der Waals surface area contributed by atoms with Crippen LogP contribution in [0.15, 0.2) is 42.2 Å². The van der Waals surface area contributed by atoms with E-state index in [1.54, 1.807) is 0 Å². The van der Waals surface area contributed by atoms with Gasteiger partial charge >= 0.3 is 94.3 Å². The number of benzene rings is 1. The van der Waals surface area contributed by atoms with Gasteiger partial charge in [-0.15, -0.1) is 0 Å². The first-order chi connectivity index (χ1) is 6.57. The Morgan fingerprint density at radius 1 is 1.14 bits per heavy atom. The van der Waals surface area contributed by atoms with Crippen molar-refractivity contribution in [3.05, 3.63) is 47.8 Å². The molecule has 0 aliphatic carbocycles. The van der Waals surface area contributed by atoms with Crippen LogP contribution in [0.5, 0.6) is 0 Å². The Morgan fingerprint density at radius 3 is 2.43 bits per heavy atom. The third-order valence-electron chi connectivity index (χ3n) is 2.53. The summed E-state index contributed by atoms with van der Waals surface area (Å²) in [7, 11) is 0. The molecule has 1 aliphatic heterocycles. The number of halogens is 2. The van der Waals surface area contributed by atoms with Gasteiger partial charge in [0.15, 0.2) is 0 Å². The first-order valence-corrected chi connectivity index (χ1v) is 9.22. The molecule has 0 radical (unpaired) electrons. The van der Waals surface area contributed by atoms with Crippen LogP contribution in [-0.4, -0.2) is 6.16 Å². The van der Waals surface area contributed by atoms with Gasteiger partial charge < -0.3 is 0 Å². The molecule has 0 aromatic heterocycles. The van der Waals surface area contributed by atoms with Gasteiger partial charge in [-0.25, -0.2) is 0 Å². The minimum atomic E-state index is -2.53. The summed E-state index contributed by atoms with van der Waals surface area (Å²) in [6.45, 7) is 0. The van der Waals surface area contributed by atoms with Crippen molar-refractivity contribution in [1.82, 2.24) is 0 Å². The van der Waals surface area contributed by atoms with Crippen molar-refractivity contribution in [3.8, 4) is 0 Å². The van der Waals surface area contributed by atoms with Crippen molar-refractivity contribution in [1.29, 1.82) is 0 Å². The van der Waals surface area contributed by atoms with Crippen LogP contribution in [0.25, 0.3) is 0 Å². The zero-order chi connectivity index (χ0) is 10.1. The van der Waals surface area contributed by atoms with Crippen LogP contribution in [0.4, 0.5) is 0 Å². The Hall–Kier alpha value is -0.0300. The first kappa shape index (κ1) is 10.5. The van der Waals surface area contributed by atoms with Crippen molar-refractivity contribution in [2.24, 2.45) is 0 Å². The number of hydrogen-bond donors (Lipinski definition) is 0. The van der Waals surface area contributed by atoms with Crippen molar-refractivity contribution in [2.45, 2.75) is 12.6 Å². The van der Waals surface area contributed by atoms with E-state index in [4.69, 9.17) is 22.5 Å². The summed E-state index contributed by atoms with van der Waals surface area (Å²) in [5, 5.41) is -2.53. The van der Waals surface area contributed by atoms with Gasteiger partial charge in [-0.05, 0) is 0 Å². The Morgan fingerprint density at radius 2 is 1.86 bits per heavy atom. The van der Waals surface area contributed by atoms with Crippen LogP contribution >= 0.6 is 27.8 Å². The molecule has 14 heavy (non-hydrogen) atoms. The average Bonchev–Trinajstić information content (AvgIpc) is 2.49. The molecule has 1 heterocycles. The third-order valence-corrected chi connectivity index (χ3v) is 7.98. The van der Waals surface area contributed by atoms with E-state index >= 15 is 0 Å². The molecule has 0 bridgehead atoms. The molecule has 0 saturated heterocycles. The molecule has 0 unspecified atom stereocenters. The van der Waals surface area contributed by atoms with Crippen molar-refractivity contribution < 1.29 is 0 Å². The summed E-state index contributed by atoms with van der Waals surface area (Å²) >= 11 is 13.1. The van der Waals surface area contributed by atoms with E-state index in [9.17, 15) is 0 Å². The summed E-state index contributed by atoms with van der Waals surface area (Å²) in [6, 6.07) is 10.2. The standard InChI is InChI=1S/C11H13Cl2P/c12-14(13,8-4-5-9-14)10-11-6-2-1-3-7-11/h1-4,6-8H,5,9-10H2. The van der Waals surface area contributed by atoms with Crippen LogP contribution in [0, 0.1) is 0 Å². The molecular formula is C11H13Cl2P. The monoisotopic (exact) mass is 246 g/mol. The summed E-state index contributed by atoms with van der Waals surface area (Å²) in [5.74, 6) is 2.06. The molecular weight excluding hydrogens is 234 g/mol. The second-order valence-electron chi connectivity index (χ2n) is 3.87. The Bertz CT molecular complexity index is 357. The summed E-state index contributed by atoms with van der Waals surface area (Å²) in [4.78, 5) is 0. The second kappa shape index (κ2) is 3.52. The van der Waals surface area contributed by atoms with Gasteiger partial charge in [0.05, 0.1) is 0 Å². The van der Waals surface area contributed by atoms with Gasteiger partial charge in [0, 0.05) is 0 Å². The maximum atomic E-state index is 6.57. The van der Waals surface area contributed by atoms with Gasteiger partial charge in [-0.2, -0.15) is 0 Å². The SMILES string of the molecule is ClP1(Cl)(Cc2ccccc2)C=CCC1. The molecule has 0 fully saturated rings. The normalized spacial score (nSPS) is 25.4. The number of rotatable bonds is 2. The summed E-state index contributed by atoms with van der Waals surface area (Å²) in [6.07, 6.45) is 4.88. The van der Waals surface area contributed by atoms with E-state index in [-0.39, 0.29) is 0 Å². The van der Waals surface area contributed by atoms with E-state index in [1.807, 2.05) is 18.2 Å². The predicted molar refractivity (Wildman–Crippen MR) is 67.4 cm³/mol. The zero-order valence-corrected chi connectivity index (χ0v) is 10.3. The van der Waals surface area contributed by atoms with Crippen LogP contribution in [0.1, 0.15) is 12.0 Å². The molecule has 0 nitrogen and oxygen atoms in total. The number of allylic oxidation sites excluding steroid dienone is 1. The Kier molecular flexibility index (Phi) is 2.64. The van der Waals surface area contributed by atoms with Crippen LogP contribution in [0.2, 0.25) is 0 Å². The quantitative estimate of drug-likeness (QED) is 0.647. The Balaban J connectivity index is 2.22. The van der Waals surface area contributed by atoms with Crippen LogP contribution in [-0.2, 0) is 6.16 Å². The average molecular weight is 247 g/mol. The molecule has 0 N–H and O–H groups in total. The van der Waals surface area contributed by atoms with Crippen LogP contribution < -0.4 is 0 Å². The van der Waals surface area contributed by atoms with E-state index in [0.29, 0.717) is 0 Å². The van der Waals surface area contributed by atoms with Crippen LogP contribution in [0.3, 0.4) is 0 Å². The van der Waals surface area contributed by atoms with E-state index in [0.717, 1.165) is 18.7 Å². The fraction of sp³-hybridized carbons (Fsp3) is 0.273. The minimum absolute atomic E-state index is 0.812. The van der Waals surface area contributed by atoms with E-state index in [2.05, 4.69) is 24.0 Å². The fourth-order valence-corrected chi connectivity index (χ4v) is 6.35. The molecule has 0 saturated carbocycles. The first-order valence-electron chi connectivity index (χ1n) is 4.73. The number of hydrogen-bond acceptors (Lipinski definition) is 0. The van der Waals surface area contributed by atoms with Crippen molar-refractivity contribution >= 4 is 27.8 Å². The predicted octanol–water partition coefficient (Wildman–Crippen LogP) is 4.96. The van der Waals surface area contributed by atoms with Gasteiger partial charge in [-0.1, -0.05) is 0 Å². The van der Waals surface area contributed by atoms with Gasteiger partial charge in [-0.3, -0.25) is 0 Å². The van der Waals surface area contributed by atoms with Gasteiger partial charge in [0.2, 0.25) is 0 Å². The zero-order valence-electron chi connectivity index (χ0n) is 7.87. The Labute approximate surface area is 94.4 Å². The van der Waals surface area contributed by atoms with Crippen molar-refractivity contribution in [3.63, 3.8) is 0 Å². The van der Waals surface area contributed by atoms with E-state index in [1.165, 1.54) is 5.56 Å². The molecule has 76 valence electrons. The topological polar surface area (TPSA) is 0 Å². The van der Waals surface area contributed by atoms with Gasteiger partial charge in [0.25, 0.3) is 0 Å². The summed E-state index contributed by atoms with van der Waals surface area (Å²) in [5.41, 5.74) is 1.24. The molecule has 3 heteroatoms. The molecule has 0 amide bonds. The molecule has 2 rings (SSSR count).